The average molecular weight is 532 g/mol. The van der Waals surface area contributed by atoms with Crippen LogP contribution in [0, 0.1) is 0 Å². The molecule has 196 valence electrons. The molecule has 1 aromatic carbocycles. The maximum atomic E-state index is 12.3. The second kappa shape index (κ2) is 10.8. The van der Waals surface area contributed by atoms with Crippen LogP contribution in [0.3, 0.4) is 0 Å². The van der Waals surface area contributed by atoms with Gasteiger partial charge in [-0.15, -0.1) is 11.8 Å². The average Bonchev–Trinajstić information content (AvgIpc) is 3.57. The lowest BCUT2D eigenvalue weighted by atomic mass is 10.2. The third-order valence-electron chi connectivity index (χ3n) is 7.15. The zero-order valence-electron chi connectivity index (χ0n) is 21.6. The highest BCUT2D eigenvalue weighted by molar-refractivity contribution is 8.14. The fraction of sp³-hybridized carbons (Fsp3) is 0.630. The molecule has 1 amide bonds. The Morgan fingerprint density at radius 2 is 1.94 bits per heavy atom. The number of aromatic nitrogens is 1. The number of carbonyl (C=O) groups is 1. The number of ether oxygens (including phenoxy) is 1. The molecule has 0 spiro atoms. The highest BCUT2D eigenvalue weighted by Crippen LogP contribution is 2.33. The number of aliphatic imine (C=N–C) groups is 1. The highest BCUT2D eigenvalue weighted by Gasteiger charge is 2.27. The van der Waals surface area contributed by atoms with Crippen LogP contribution in [0.1, 0.15) is 58.6 Å². The molecule has 3 aliphatic rings. The van der Waals surface area contributed by atoms with Crippen molar-refractivity contribution in [2.45, 2.75) is 70.6 Å². The molecule has 2 aliphatic heterocycles. The molecule has 0 unspecified atom stereocenters. The van der Waals surface area contributed by atoms with E-state index in [0.717, 1.165) is 77.2 Å². The SMILES string of the molecule is CC(C)(C)OC(=O)N1CCN(CC[C@@H]2CSC(c3cc4cc(Cl)cc(NC5CCCC5)c4[nH]3)=N2)CC1. The lowest BCUT2D eigenvalue weighted by Gasteiger charge is -2.35. The highest BCUT2D eigenvalue weighted by atomic mass is 35.5. The Kier molecular flexibility index (Phi) is 7.75. The maximum absolute atomic E-state index is 12.3. The van der Waals surface area contributed by atoms with Gasteiger partial charge >= 0.3 is 6.09 Å². The number of thioether (sulfide) groups is 1. The molecular weight excluding hydrogens is 494 g/mol. The Labute approximate surface area is 223 Å². The van der Waals surface area contributed by atoms with Gasteiger partial charge in [0.15, 0.2) is 0 Å². The van der Waals surface area contributed by atoms with Gasteiger partial charge in [-0.25, -0.2) is 4.79 Å². The standard InChI is InChI=1S/C27H38ClN5O2S/c1-27(2,3)35-26(34)33-12-10-32(11-13-33)9-8-21-17-36-25(30-21)23-15-18-14-19(28)16-22(24(18)31-23)29-20-6-4-5-7-20/h14-16,20-21,29,31H,4-13,17H2,1-3H3/t21-/m1/s1. The topological polar surface area (TPSA) is 73.0 Å². The minimum Gasteiger partial charge on any atom is -0.444 e. The largest absolute Gasteiger partial charge is 0.444 e. The van der Waals surface area contributed by atoms with Crippen molar-refractivity contribution in [3.8, 4) is 0 Å². The quantitative estimate of drug-likeness (QED) is 0.479. The molecule has 5 rings (SSSR count). The minimum atomic E-state index is -0.449. The van der Waals surface area contributed by atoms with E-state index in [1.54, 1.807) is 0 Å². The molecule has 1 saturated heterocycles. The van der Waals surface area contributed by atoms with Gasteiger partial charge in [0, 0.05) is 54.9 Å². The van der Waals surface area contributed by atoms with Crippen molar-refractivity contribution in [3.63, 3.8) is 0 Å². The van der Waals surface area contributed by atoms with Crippen molar-refractivity contribution in [2.24, 2.45) is 4.99 Å². The Balaban J connectivity index is 1.16. The van der Waals surface area contributed by atoms with E-state index in [0.29, 0.717) is 12.1 Å². The summed E-state index contributed by atoms with van der Waals surface area (Å²) in [5, 5.41) is 6.70. The van der Waals surface area contributed by atoms with E-state index < -0.39 is 5.60 Å². The predicted octanol–water partition coefficient (Wildman–Crippen LogP) is 5.98. The predicted molar refractivity (Wildman–Crippen MR) is 151 cm³/mol. The molecule has 2 fully saturated rings. The van der Waals surface area contributed by atoms with Crippen molar-refractivity contribution in [3.05, 3.63) is 28.9 Å². The van der Waals surface area contributed by atoms with Crippen molar-refractivity contribution in [1.82, 2.24) is 14.8 Å². The summed E-state index contributed by atoms with van der Waals surface area (Å²) in [6.07, 6.45) is 5.87. The third-order valence-corrected chi connectivity index (χ3v) is 8.52. The number of benzene rings is 1. The number of H-pyrrole nitrogens is 1. The monoisotopic (exact) mass is 531 g/mol. The van der Waals surface area contributed by atoms with Crippen molar-refractivity contribution in [2.75, 3.05) is 43.8 Å². The second-order valence-corrected chi connectivity index (χ2v) is 12.7. The molecule has 2 N–H and O–H groups in total. The summed E-state index contributed by atoms with van der Waals surface area (Å²) in [4.78, 5) is 25.2. The van der Waals surface area contributed by atoms with Gasteiger partial charge in [0.2, 0.25) is 0 Å². The molecule has 3 heterocycles. The molecule has 9 heteroatoms. The van der Waals surface area contributed by atoms with Crippen LogP contribution in [0.15, 0.2) is 23.2 Å². The van der Waals surface area contributed by atoms with Crippen LogP contribution in [-0.4, -0.2) is 82.1 Å². The fourth-order valence-corrected chi connectivity index (χ4v) is 6.56. The van der Waals surface area contributed by atoms with E-state index in [-0.39, 0.29) is 6.09 Å². The Morgan fingerprint density at radius 1 is 1.19 bits per heavy atom. The number of piperazine rings is 1. The van der Waals surface area contributed by atoms with E-state index in [2.05, 4.69) is 21.3 Å². The lowest BCUT2D eigenvalue weighted by molar-refractivity contribution is 0.0143. The van der Waals surface area contributed by atoms with Gasteiger partial charge in [-0.05, 0) is 58.2 Å². The summed E-state index contributed by atoms with van der Waals surface area (Å²) < 4.78 is 5.51. The van der Waals surface area contributed by atoms with Crippen LogP contribution in [-0.2, 0) is 4.74 Å². The number of rotatable bonds is 6. The molecule has 2 aromatic rings. The first-order valence-electron chi connectivity index (χ1n) is 13.2. The Hall–Kier alpha value is -1.90. The molecule has 1 aromatic heterocycles. The van der Waals surface area contributed by atoms with Gasteiger partial charge < -0.3 is 19.9 Å². The van der Waals surface area contributed by atoms with E-state index in [9.17, 15) is 4.79 Å². The molecule has 1 aliphatic carbocycles. The number of aromatic amines is 1. The number of fused-ring (bicyclic) bond motifs is 1. The van der Waals surface area contributed by atoms with Gasteiger partial charge in [0.1, 0.15) is 10.6 Å². The van der Waals surface area contributed by atoms with E-state index in [1.165, 1.54) is 25.7 Å². The van der Waals surface area contributed by atoms with Gasteiger partial charge in [-0.2, -0.15) is 0 Å². The van der Waals surface area contributed by atoms with Crippen molar-refractivity contribution in [1.29, 1.82) is 0 Å². The third kappa shape index (κ3) is 6.32. The smallest absolute Gasteiger partial charge is 0.410 e. The molecule has 1 saturated carbocycles. The molecule has 0 bridgehead atoms. The Morgan fingerprint density at radius 3 is 2.67 bits per heavy atom. The molecular formula is C27H38ClN5O2S. The zero-order valence-corrected chi connectivity index (χ0v) is 23.2. The van der Waals surface area contributed by atoms with Crippen LogP contribution in [0.4, 0.5) is 10.5 Å². The number of hydrogen-bond acceptors (Lipinski definition) is 6. The summed E-state index contributed by atoms with van der Waals surface area (Å²) in [6, 6.07) is 7.11. The number of nitrogens with one attached hydrogen (secondary N) is 2. The van der Waals surface area contributed by atoms with Crippen LogP contribution < -0.4 is 5.32 Å². The summed E-state index contributed by atoms with van der Waals surface area (Å²) in [6.45, 7) is 9.94. The van der Waals surface area contributed by atoms with Crippen LogP contribution >= 0.6 is 23.4 Å². The first kappa shape index (κ1) is 25.7. The van der Waals surface area contributed by atoms with Gasteiger partial charge in [-0.1, -0.05) is 24.4 Å². The Bertz CT molecular complexity index is 1110. The van der Waals surface area contributed by atoms with Gasteiger partial charge in [0.25, 0.3) is 0 Å². The summed E-state index contributed by atoms with van der Waals surface area (Å²) >= 11 is 8.28. The molecule has 1 atom stereocenters. The van der Waals surface area contributed by atoms with Crippen molar-refractivity contribution >= 4 is 51.1 Å². The zero-order chi connectivity index (χ0) is 25.3. The van der Waals surface area contributed by atoms with Gasteiger partial charge in [-0.3, -0.25) is 9.89 Å². The van der Waals surface area contributed by atoms with Crippen LogP contribution in [0.5, 0.6) is 0 Å². The number of halogens is 1. The maximum Gasteiger partial charge on any atom is 0.410 e. The van der Waals surface area contributed by atoms with E-state index in [4.69, 9.17) is 21.3 Å². The fourth-order valence-electron chi connectivity index (χ4n) is 5.25. The van der Waals surface area contributed by atoms with E-state index in [1.807, 2.05) is 49.6 Å². The summed E-state index contributed by atoms with van der Waals surface area (Å²) in [7, 11) is 0. The number of amides is 1. The summed E-state index contributed by atoms with van der Waals surface area (Å²) in [5.41, 5.74) is 2.85. The number of hydrogen-bond donors (Lipinski definition) is 2. The second-order valence-electron chi connectivity index (χ2n) is 11.2. The first-order valence-corrected chi connectivity index (χ1v) is 14.6. The lowest BCUT2D eigenvalue weighted by Crippen LogP contribution is -2.50. The van der Waals surface area contributed by atoms with Gasteiger partial charge in [0.05, 0.1) is 22.9 Å². The number of anilines is 1. The molecule has 7 nitrogen and oxygen atoms in total. The van der Waals surface area contributed by atoms with Crippen molar-refractivity contribution < 1.29 is 9.53 Å². The van der Waals surface area contributed by atoms with Crippen LogP contribution in [0.2, 0.25) is 5.02 Å². The number of nitrogens with zero attached hydrogens (tertiary/aromatic N) is 3. The minimum absolute atomic E-state index is 0.204. The molecule has 0 radical (unpaired) electrons. The first-order chi connectivity index (χ1) is 17.2. The number of carbonyl (C=O) groups excluding carboxylic acids is 1. The summed E-state index contributed by atoms with van der Waals surface area (Å²) in [5.74, 6) is 1.01. The normalized spacial score (nSPS) is 21.8. The van der Waals surface area contributed by atoms with E-state index >= 15 is 0 Å². The van der Waals surface area contributed by atoms with Crippen LogP contribution in [0.25, 0.3) is 10.9 Å². The molecule has 36 heavy (non-hydrogen) atoms.